The van der Waals surface area contributed by atoms with Crippen LogP contribution in [0.1, 0.15) is 11.1 Å². The van der Waals surface area contributed by atoms with Gasteiger partial charge in [-0.1, -0.05) is 18.2 Å². The number of methoxy groups -OCH3 is 1. The van der Waals surface area contributed by atoms with Crippen LogP contribution >= 0.6 is 0 Å². The first kappa shape index (κ1) is 17.0. The van der Waals surface area contributed by atoms with Crippen molar-refractivity contribution in [2.45, 2.75) is 6.54 Å². The first-order chi connectivity index (χ1) is 11.5. The number of hydrogen-bond acceptors (Lipinski definition) is 5. The van der Waals surface area contributed by atoms with Crippen LogP contribution in [0.5, 0.6) is 11.5 Å². The molecule has 7 nitrogen and oxygen atoms in total. The molecule has 24 heavy (non-hydrogen) atoms. The van der Waals surface area contributed by atoms with Crippen molar-refractivity contribution in [1.29, 1.82) is 0 Å². The summed E-state index contributed by atoms with van der Waals surface area (Å²) in [6, 6.07) is 10.9. The van der Waals surface area contributed by atoms with Crippen LogP contribution in [0.15, 0.2) is 48.5 Å². The van der Waals surface area contributed by atoms with Gasteiger partial charge in [-0.2, -0.15) is 0 Å². The van der Waals surface area contributed by atoms with E-state index in [1.807, 2.05) is 12.1 Å². The second-order valence-electron chi connectivity index (χ2n) is 4.86. The van der Waals surface area contributed by atoms with Gasteiger partial charge in [0, 0.05) is 35.9 Å². The third-order valence-corrected chi connectivity index (χ3v) is 3.28. The predicted molar refractivity (Wildman–Crippen MR) is 88.6 cm³/mol. The van der Waals surface area contributed by atoms with Gasteiger partial charge in [0.15, 0.2) is 0 Å². The molecule has 0 spiro atoms. The molecule has 2 N–H and O–H groups in total. The number of carbonyl (C=O) groups excluding carboxylic acids is 1. The predicted octanol–water partition coefficient (Wildman–Crippen LogP) is 2.64. The molecular formula is C17H16N2O5. The number of non-ortho nitro benzene ring substituents is 1. The molecule has 0 fully saturated rings. The molecule has 0 unspecified atom stereocenters. The van der Waals surface area contributed by atoms with Crippen molar-refractivity contribution in [3.05, 3.63) is 69.8 Å². The van der Waals surface area contributed by atoms with Gasteiger partial charge in [-0.3, -0.25) is 14.9 Å². The van der Waals surface area contributed by atoms with Crippen molar-refractivity contribution < 1.29 is 19.6 Å². The van der Waals surface area contributed by atoms with Gasteiger partial charge in [-0.25, -0.2) is 0 Å². The Kier molecular flexibility index (Phi) is 5.51. The summed E-state index contributed by atoms with van der Waals surface area (Å²) in [5, 5.41) is 23.0. The summed E-state index contributed by atoms with van der Waals surface area (Å²) >= 11 is 0. The fraction of sp³-hybridized carbons (Fsp3) is 0.118. The number of phenolic OH excluding ortho intramolecular Hbond substituents is 1. The van der Waals surface area contributed by atoms with E-state index in [1.54, 1.807) is 18.2 Å². The van der Waals surface area contributed by atoms with Crippen LogP contribution in [0.2, 0.25) is 0 Å². The van der Waals surface area contributed by atoms with Crippen LogP contribution < -0.4 is 10.1 Å². The first-order valence-corrected chi connectivity index (χ1v) is 7.06. The lowest BCUT2D eigenvalue weighted by Gasteiger charge is -2.06. The normalized spacial score (nSPS) is 10.5. The second kappa shape index (κ2) is 7.77. The van der Waals surface area contributed by atoms with Gasteiger partial charge < -0.3 is 15.2 Å². The maximum Gasteiger partial charge on any atom is 0.270 e. The molecule has 2 aromatic rings. The number of benzene rings is 2. The SMILES string of the molecule is COc1ccccc1/C=C/C(=O)NCc1cc([N+](=O)[O-])ccc1O. The highest BCUT2D eigenvalue weighted by Crippen LogP contribution is 2.22. The molecule has 2 aromatic carbocycles. The molecule has 0 bridgehead atoms. The van der Waals surface area contributed by atoms with E-state index in [9.17, 15) is 20.0 Å². The maximum atomic E-state index is 11.9. The monoisotopic (exact) mass is 328 g/mol. The zero-order valence-electron chi connectivity index (χ0n) is 12.9. The molecule has 2 rings (SSSR count). The Morgan fingerprint density at radius 1 is 1.33 bits per heavy atom. The highest BCUT2D eigenvalue weighted by Gasteiger charge is 2.10. The Hall–Kier alpha value is -3.35. The Morgan fingerprint density at radius 3 is 2.79 bits per heavy atom. The van der Waals surface area contributed by atoms with Gasteiger partial charge >= 0.3 is 0 Å². The molecular weight excluding hydrogens is 312 g/mol. The van der Waals surface area contributed by atoms with Gasteiger partial charge in [0.1, 0.15) is 11.5 Å². The fourth-order valence-electron chi connectivity index (χ4n) is 2.04. The molecule has 0 aliphatic rings. The average Bonchev–Trinajstić information content (AvgIpc) is 2.59. The van der Waals surface area contributed by atoms with Crippen LogP contribution in [-0.4, -0.2) is 23.0 Å². The summed E-state index contributed by atoms with van der Waals surface area (Å²) in [6.07, 6.45) is 2.92. The van der Waals surface area contributed by atoms with Crippen molar-refractivity contribution in [1.82, 2.24) is 5.32 Å². The molecule has 0 aromatic heterocycles. The lowest BCUT2D eigenvalue weighted by atomic mass is 10.1. The van der Waals surface area contributed by atoms with Crippen molar-refractivity contribution in [3.63, 3.8) is 0 Å². The van der Waals surface area contributed by atoms with Crippen LogP contribution in [0.25, 0.3) is 6.08 Å². The van der Waals surface area contributed by atoms with E-state index in [-0.39, 0.29) is 23.5 Å². The lowest BCUT2D eigenvalue weighted by molar-refractivity contribution is -0.384. The Labute approximate surface area is 138 Å². The topological polar surface area (TPSA) is 102 Å². The molecule has 124 valence electrons. The number of nitrogens with one attached hydrogen (secondary N) is 1. The molecule has 0 heterocycles. The van der Waals surface area contributed by atoms with E-state index >= 15 is 0 Å². The van der Waals surface area contributed by atoms with E-state index in [1.165, 1.54) is 31.4 Å². The van der Waals surface area contributed by atoms with Crippen molar-refractivity contribution in [2.24, 2.45) is 0 Å². The van der Waals surface area contributed by atoms with Crippen molar-refractivity contribution in [2.75, 3.05) is 7.11 Å². The van der Waals surface area contributed by atoms with E-state index in [0.29, 0.717) is 5.75 Å². The zero-order chi connectivity index (χ0) is 17.5. The highest BCUT2D eigenvalue weighted by atomic mass is 16.6. The Balaban J connectivity index is 2.02. The number of ether oxygens (including phenoxy) is 1. The van der Waals surface area contributed by atoms with Gasteiger partial charge in [0.25, 0.3) is 5.69 Å². The molecule has 0 atom stereocenters. The third kappa shape index (κ3) is 4.33. The second-order valence-corrected chi connectivity index (χ2v) is 4.86. The number of nitro benzene ring substituents is 1. The van der Waals surface area contributed by atoms with Gasteiger partial charge in [-0.15, -0.1) is 0 Å². The molecule has 0 radical (unpaired) electrons. The molecule has 0 saturated carbocycles. The third-order valence-electron chi connectivity index (χ3n) is 3.28. The smallest absolute Gasteiger partial charge is 0.270 e. The molecule has 0 aliphatic heterocycles. The van der Waals surface area contributed by atoms with Gasteiger partial charge in [0.2, 0.25) is 5.91 Å². The van der Waals surface area contributed by atoms with Crippen molar-refractivity contribution >= 4 is 17.7 Å². The zero-order valence-corrected chi connectivity index (χ0v) is 12.9. The van der Waals surface area contributed by atoms with Crippen LogP contribution in [0.3, 0.4) is 0 Å². The molecule has 0 aliphatic carbocycles. The molecule has 1 amide bonds. The Morgan fingerprint density at radius 2 is 2.08 bits per heavy atom. The standard InChI is InChI=1S/C17H16N2O5/c1-24-16-5-3-2-4-12(16)6-9-17(21)18-11-13-10-14(19(22)23)7-8-15(13)20/h2-10,20H,11H2,1H3,(H,18,21)/b9-6+. The number of aromatic hydroxyl groups is 1. The number of para-hydroxylation sites is 1. The quantitative estimate of drug-likeness (QED) is 0.482. The number of nitro groups is 1. The van der Waals surface area contributed by atoms with Crippen LogP contribution in [0, 0.1) is 10.1 Å². The largest absolute Gasteiger partial charge is 0.508 e. The minimum Gasteiger partial charge on any atom is -0.508 e. The summed E-state index contributed by atoms with van der Waals surface area (Å²) in [7, 11) is 1.54. The summed E-state index contributed by atoms with van der Waals surface area (Å²) < 4.78 is 5.18. The lowest BCUT2D eigenvalue weighted by Crippen LogP contribution is -2.20. The first-order valence-electron chi connectivity index (χ1n) is 7.06. The van der Waals surface area contributed by atoms with Crippen LogP contribution in [-0.2, 0) is 11.3 Å². The van der Waals surface area contributed by atoms with Gasteiger partial charge in [0.05, 0.1) is 12.0 Å². The number of nitrogens with zero attached hydrogens (tertiary/aromatic N) is 1. The number of carbonyl (C=O) groups is 1. The number of hydrogen-bond donors (Lipinski definition) is 2. The minimum atomic E-state index is -0.563. The highest BCUT2D eigenvalue weighted by molar-refractivity contribution is 5.92. The van der Waals surface area contributed by atoms with E-state index in [2.05, 4.69) is 5.32 Å². The summed E-state index contributed by atoms with van der Waals surface area (Å²) in [4.78, 5) is 22.0. The number of phenols is 1. The van der Waals surface area contributed by atoms with Crippen molar-refractivity contribution in [3.8, 4) is 11.5 Å². The van der Waals surface area contributed by atoms with Crippen LogP contribution in [0.4, 0.5) is 5.69 Å². The Bertz CT molecular complexity index is 786. The average molecular weight is 328 g/mol. The summed E-state index contributed by atoms with van der Waals surface area (Å²) in [5.41, 5.74) is 0.859. The summed E-state index contributed by atoms with van der Waals surface area (Å²) in [6.45, 7) is -0.0252. The van der Waals surface area contributed by atoms with E-state index in [4.69, 9.17) is 4.74 Å². The fourth-order valence-corrected chi connectivity index (χ4v) is 2.04. The molecule has 7 heteroatoms. The summed E-state index contributed by atoms with van der Waals surface area (Å²) in [5.74, 6) is 0.124. The number of rotatable bonds is 6. The number of amides is 1. The maximum absolute atomic E-state index is 11.9. The molecule has 0 saturated heterocycles. The van der Waals surface area contributed by atoms with E-state index < -0.39 is 10.8 Å². The minimum absolute atomic E-state index is 0.0252. The van der Waals surface area contributed by atoms with E-state index in [0.717, 1.165) is 5.56 Å². The van der Waals surface area contributed by atoms with Gasteiger partial charge in [-0.05, 0) is 18.2 Å².